The van der Waals surface area contributed by atoms with Crippen LogP contribution in [-0.4, -0.2) is 12.6 Å². The number of rotatable bonds is 14. The monoisotopic (exact) mass is 484 g/mol. The van der Waals surface area contributed by atoms with E-state index in [0.29, 0.717) is 17.2 Å². The predicted octanol–water partition coefficient (Wildman–Crippen LogP) is 9.17. The van der Waals surface area contributed by atoms with Gasteiger partial charge in [0, 0.05) is 6.07 Å². The highest BCUT2D eigenvalue weighted by atomic mass is 35.5. The summed E-state index contributed by atoms with van der Waals surface area (Å²) in [6.07, 6.45) is 12.9. The average molecular weight is 486 g/mol. The van der Waals surface area contributed by atoms with Crippen molar-refractivity contribution in [3.63, 3.8) is 0 Å². The first-order valence-electron chi connectivity index (χ1n) is 11.1. The maximum Gasteiger partial charge on any atom is 0.343 e. The van der Waals surface area contributed by atoms with E-state index in [-0.39, 0.29) is 15.8 Å². The van der Waals surface area contributed by atoms with E-state index in [1.54, 1.807) is 24.3 Å². The van der Waals surface area contributed by atoms with Gasteiger partial charge in [-0.3, -0.25) is 0 Å². The molecule has 0 aliphatic heterocycles. The van der Waals surface area contributed by atoms with Gasteiger partial charge in [-0.1, -0.05) is 99.5 Å². The van der Waals surface area contributed by atoms with Crippen molar-refractivity contribution in [1.82, 2.24) is 0 Å². The molecule has 0 N–H and O–H groups in total. The van der Waals surface area contributed by atoms with Gasteiger partial charge in [-0.2, -0.15) is 0 Å². The molecule has 6 heteroatoms. The molecule has 0 amide bonds. The summed E-state index contributed by atoms with van der Waals surface area (Å²) in [4.78, 5) is 12.3. The van der Waals surface area contributed by atoms with E-state index in [9.17, 15) is 4.79 Å². The van der Waals surface area contributed by atoms with Crippen LogP contribution < -0.4 is 9.47 Å². The Morgan fingerprint density at radius 2 is 1.29 bits per heavy atom. The Bertz CT molecular complexity index is 806. The first kappa shape index (κ1) is 25.8. The van der Waals surface area contributed by atoms with Gasteiger partial charge in [0.25, 0.3) is 0 Å². The first-order chi connectivity index (χ1) is 15.0. The quantitative estimate of drug-likeness (QED) is 0.116. The fourth-order valence-electron chi connectivity index (χ4n) is 3.21. The largest absolute Gasteiger partial charge is 0.494 e. The molecule has 0 spiro atoms. The maximum absolute atomic E-state index is 12.3. The zero-order valence-corrected chi connectivity index (χ0v) is 20.4. The van der Waals surface area contributed by atoms with Crippen molar-refractivity contribution in [2.45, 2.75) is 71.1 Å². The maximum atomic E-state index is 12.3. The lowest BCUT2D eigenvalue weighted by molar-refractivity contribution is 0.0735. The smallest absolute Gasteiger partial charge is 0.343 e. The number of hydrogen-bond acceptors (Lipinski definition) is 3. The van der Waals surface area contributed by atoms with Crippen LogP contribution in [0.5, 0.6) is 11.5 Å². The third kappa shape index (κ3) is 9.72. The van der Waals surface area contributed by atoms with Crippen LogP contribution in [-0.2, 0) is 0 Å². The molecule has 0 aromatic heterocycles. The number of unbranched alkanes of at least 4 members (excludes halogenated alkanes) is 9. The summed E-state index contributed by atoms with van der Waals surface area (Å²) in [5, 5.41) is 0.791. The van der Waals surface area contributed by atoms with Crippen LogP contribution in [0.2, 0.25) is 15.1 Å². The van der Waals surface area contributed by atoms with Crippen molar-refractivity contribution >= 4 is 40.8 Å². The Morgan fingerprint density at radius 1 is 0.742 bits per heavy atom. The van der Waals surface area contributed by atoms with Crippen molar-refractivity contribution in [2.75, 3.05) is 6.61 Å². The summed E-state index contributed by atoms with van der Waals surface area (Å²) in [7, 11) is 0. The van der Waals surface area contributed by atoms with Gasteiger partial charge in [-0.15, -0.1) is 0 Å². The molecule has 2 aromatic rings. The summed E-state index contributed by atoms with van der Waals surface area (Å²) in [6.45, 7) is 2.93. The van der Waals surface area contributed by atoms with E-state index < -0.39 is 5.97 Å². The molecule has 0 aliphatic carbocycles. The van der Waals surface area contributed by atoms with Gasteiger partial charge in [0.05, 0.1) is 27.2 Å². The van der Waals surface area contributed by atoms with Gasteiger partial charge < -0.3 is 9.47 Å². The second-order valence-electron chi connectivity index (χ2n) is 7.64. The van der Waals surface area contributed by atoms with Crippen LogP contribution in [0.25, 0.3) is 0 Å². The molecular formula is C25H31Cl3O3. The lowest BCUT2D eigenvalue weighted by Gasteiger charge is -2.09. The van der Waals surface area contributed by atoms with Crippen molar-refractivity contribution in [1.29, 1.82) is 0 Å². The summed E-state index contributed by atoms with van der Waals surface area (Å²) < 4.78 is 11.1. The Balaban J connectivity index is 1.64. The number of halogens is 3. The summed E-state index contributed by atoms with van der Waals surface area (Å²) in [5.74, 6) is 0.379. The number of hydrogen-bond donors (Lipinski definition) is 0. The van der Waals surface area contributed by atoms with Gasteiger partial charge in [-0.25, -0.2) is 4.79 Å². The fourth-order valence-corrected chi connectivity index (χ4v) is 3.78. The second-order valence-corrected chi connectivity index (χ2v) is 8.86. The molecule has 0 radical (unpaired) electrons. The topological polar surface area (TPSA) is 35.5 Å². The third-order valence-electron chi connectivity index (χ3n) is 5.03. The molecule has 0 unspecified atom stereocenters. The number of ether oxygens (including phenoxy) is 2. The molecule has 2 rings (SSSR count). The molecule has 2 aromatic carbocycles. The standard InChI is InChI=1S/C25H31Cl3O3/c1-2-3-4-5-6-7-8-9-10-11-16-30-20-14-12-19(13-15-20)25(29)31-24-18-22(27)21(26)17-23(24)28/h12-15,17-18H,2-11,16H2,1H3. The number of carbonyl (C=O) groups excluding carboxylic acids is 1. The fraction of sp³-hybridized carbons (Fsp3) is 0.480. The number of carbonyl (C=O) groups is 1. The molecule has 31 heavy (non-hydrogen) atoms. The minimum Gasteiger partial charge on any atom is -0.494 e. The van der Waals surface area contributed by atoms with Crippen LogP contribution in [0, 0.1) is 0 Å². The van der Waals surface area contributed by atoms with E-state index in [4.69, 9.17) is 44.3 Å². The molecule has 0 fully saturated rings. The Kier molecular flexibility index (Phi) is 12.2. The SMILES string of the molecule is CCCCCCCCCCCCOc1ccc(C(=O)Oc2cc(Cl)c(Cl)cc2Cl)cc1. The molecule has 0 saturated heterocycles. The van der Waals surface area contributed by atoms with Crippen molar-refractivity contribution in [3.8, 4) is 11.5 Å². The normalized spacial score (nSPS) is 10.8. The van der Waals surface area contributed by atoms with Crippen LogP contribution in [0.1, 0.15) is 81.5 Å². The van der Waals surface area contributed by atoms with Gasteiger partial charge in [-0.05, 0) is 36.8 Å². The van der Waals surface area contributed by atoms with Gasteiger partial charge >= 0.3 is 5.97 Å². The molecule has 3 nitrogen and oxygen atoms in total. The Morgan fingerprint density at radius 3 is 1.90 bits per heavy atom. The molecule has 0 aliphatic rings. The van der Waals surface area contributed by atoms with Crippen molar-refractivity contribution in [2.24, 2.45) is 0 Å². The molecule has 0 heterocycles. The number of benzene rings is 2. The highest BCUT2D eigenvalue weighted by Crippen LogP contribution is 2.34. The number of esters is 1. The van der Waals surface area contributed by atoms with E-state index in [1.807, 2.05) is 0 Å². The van der Waals surface area contributed by atoms with Crippen LogP contribution in [0.15, 0.2) is 36.4 Å². The van der Waals surface area contributed by atoms with Gasteiger partial charge in [0.15, 0.2) is 5.75 Å². The van der Waals surface area contributed by atoms with Crippen LogP contribution in [0.3, 0.4) is 0 Å². The lowest BCUT2D eigenvalue weighted by atomic mass is 10.1. The zero-order valence-electron chi connectivity index (χ0n) is 18.1. The highest BCUT2D eigenvalue weighted by molar-refractivity contribution is 6.43. The van der Waals surface area contributed by atoms with E-state index in [2.05, 4.69) is 6.92 Å². The minimum atomic E-state index is -0.526. The minimum absolute atomic E-state index is 0.169. The summed E-state index contributed by atoms with van der Waals surface area (Å²) >= 11 is 17.9. The van der Waals surface area contributed by atoms with Gasteiger partial charge in [0.1, 0.15) is 5.75 Å². The van der Waals surface area contributed by atoms with Crippen molar-refractivity contribution < 1.29 is 14.3 Å². The summed E-state index contributed by atoms with van der Waals surface area (Å²) in [6, 6.07) is 9.74. The van der Waals surface area contributed by atoms with E-state index >= 15 is 0 Å². The second kappa shape index (κ2) is 14.6. The van der Waals surface area contributed by atoms with Gasteiger partial charge in [0.2, 0.25) is 0 Å². The Labute approximate surface area is 201 Å². The summed E-state index contributed by atoms with van der Waals surface area (Å²) in [5.41, 5.74) is 0.397. The molecular weight excluding hydrogens is 455 g/mol. The first-order valence-corrected chi connectivity index (χ1v) is 12.2. The third-order valence-corrected chi connectivity index (χ3v) is 6.05. The average Bonchev–Trinajstić information content (AvgIpc) is 2.76. The molecule has 0 saturated carbocycles. The van der Waals surface area contributed by atoms with Crippen LogP contribution in [0.4, 0.5) is 0 Å². The van der Waals surface area contributed by atoms with E-state index in [0.717, 1.165) is 12.2 Å². The predicted molar refractivity (Wildman–Crippen MR) is 130 cm³/mol. The Hall–Kier alpha value is -1.42. The van der Waals surface area contributed by atoms with E-state index in [1.165, 1.54) is 69.9 Å². The van der Waals surface area contributed by atoms with Crippen LogP contribution >= 0.6 is 34.8 Å². The molecule has 0 bridgehead atoms. The molecule has 170 valence electrons. The zero-order chi connectivity index (χ0) is 22.5. The van der Waals surface area contributed by atoms with Crippen molar-refractivity contribution in [3.05, 3.63) is 57.0 Å². The lowest BCUT2D eigenvalue weighted by Crippen LogP contribution is -2.09. The molecule has 0 atom stereocenters. The highest BCUT2D eigenvalue weighted by Gasteiger charge is 2.13.